The molecule has 1 heterocycles. The fourth-order valence-corrected chi connectivity index (χ4v) is 1.72. The molecule has 6 nitrogen and oxygen atoms in total. The number of carbonyl (C=O) groups is 3. The fraction of sp³-hybridized carbons (Fsp3) is 0.500. The first-order chi connectivity index (χ1) is 9.45. The lowest BCUT2D eigenvalue weighted by molar-refractivity contribution is -0.120. The number of nitrogens with zero attached hydrogens (tertiary/aromatic N) is 1. The maximum atomic E-state index is 11.9. The van der Waals surface area contributed by atoms with Gasteiger partial charge in [-0.2, -0.15) is 0 Å². The number of rotatable bonds is 7. The van der Waals surface area contributed by atoms with Crippen LogP contribution in [-0.2, 0) is 11.8 Å². The van der Waals surface area contributed by atoms with Crippen LogP contribution in [0.25, 0.3) is 0 Å². The Bertz CT molecular complexity index is 506. The maximum Gasteiger partial charge on any atom is 0.267 e. The minimum absolute atomic E-state index is 0.0801. The van der Waals surface area contributed by atoms with Crippen molar-refractivity contribution in [3.63, 3.8) is 0 Å². The molecule has 0 saturated heterocycles. The summed E-state index contributed by atoms with van der Waals surface area (Å²) in [5, 5.41) is 5.40. The third-order valence-electron chi connectivity index (χ3n) is 2.85. The van der Waals surface area contributed by atoms with Crippen molar-refractivity contribution in [1.29, 1.82) is 0 Å². The van der Waals surface area contributed by atoms with Crippen molar-refractivity contribution in [3.8, 4) is 0 Å². The number of aromatic nitrogens is 1. The first-order valence-corrected chi connectivity index (χ1v) is 6.68. The molecule has 1 aromatic rings. The van der Waals surface area contributed by atoms with Gasteiger partial charge >= 0.3 is 0 Å². The van der Waals surface area contributed by atoms with Gasteiger partial charge in [0.1, 0.15) is 5.69 Å². The molecule has 0 aliphatic rings. The number of hydrogen-bond acceptors (Lipinski definition) is 3. The molecule has 2 N–H and O–H groups in total. The second kappa shape index (κ2) is 7.47. The zero-order chi connectivity index (χ0) is 15.1. The van der Waals surface area contributed by atoms with E-state index in [1.807, 2.05) is 6.92 Å². The van der Waals surface area contributed by atoms with Crippen LogP contribution in [0.4, 0.5) is 0 Å². The first-order valence-electron chi connectivity index (χ1n) is 6.68. The minimum Gasteiger partial charge on any atom is -0.356 e. The summed E-state index contributed by atoms with van der Waals surface area (Å²) in [6.45, 7) is 4.35. The highest BCUT2D eigenvalue weighted by Gasteiger charge is 2.13. The van der Waals surface area contributed by atoms with E-state index in [1.54, 1.807) is 23.9 Å². The Balaban J connectivity index is 2.47. The van der Waals surface area contributed by atoms with Gasteiger partial charge in [-0.15, -0.1) is 0 Å². The average molecular weight is 279 g/mol. The molecule has 0 spiro atoms. The van der Waals surface area contributed by atoms with Crippen LogP contribution in [0.5, 0.6) is 0 Å². The Kier molecular flexibility index (Phi) is 5.96. The van der Waals surface area contributed by atoms with Gasteiger partial charge in [-0.1, -0.05) is 6.92 Å². The molecule has 20 heavy (non-hydrogen) atoms. The molecule has 0 atom stereocenters. The summed E-state index contributed by atoms with van der Waals surface area (Å²) in [5.74, 6) is -0.453. The molecule has 0 aromatic carbocycles. The Hall–Kier alpha value is -2.11. The summed E-state index contributed by atoms with van der Waals surface area (Å²) >= 11 is 0. The number of nitrogens with one attached hydrogen (secondary N) is 2. The standard InChI is InChI=1S/C14H21N3O3/c1-4-6-15-13(19)5-7-16-14(20)12-8-11(10(2)18)9-17(12)3/h8-9H,4-7H2,1-3H3,(H,15,19)(H,16,20). The number of ketones is 1. The van der Waals surface area contributed by atoms with Gasteiger partial charge in [0.05, 0.1) is 0 Å². The van der Waals surface area contributed by atoms with Gasteiger partial charge in [-0.3, -0.25) is 14.4 Å². The summed E-state index contributed by atoms with van der Waals surface area (Å²) < 4.78 is 1.60. The molecule has 1 rings (SSSR count). The van der Waals surface area contributed by atoms with Crippen molar-refractivity contribution in [2.45, 2.75) is 26.7 Å². The predicted molar refractivity (Wildman–Crippen MR) is 75.7 cm³/mol. The van der Waals surface area contributed by atoms with Crippen LogP contribution in [0.3, 0.4) is 0 Å². The second-order valence-electron chi connectivity index (χ2n) is 4.64. The molecule has 2 amide bonds. The van der Waals surface area contributed by atoms with E-state index in [2.05, 4.69) is 10.6 Å². The topological polar surface area (TPSA) is 80.2 Å². The summed E-state index contributed by atoms with van der Waals surface area (Å²) in [4.78, 5) is 34.5. The van der Waals surface area contributed by atoms with Crippen molar-refractivity contribution >= 4 is 17.6 Å². The molecule has 0 unspecified atom stereocenters. The smallest absolute Gasteiger partial charge is 0.267 e. The number of hydrogen-bond donors (Lipinski definition) is 2. The summed E-state index contributed by atoms with van der Waals surface area (Å²) in [6.07, 6.45) is 2.75. The third kappa shape index (κ3) is 4.53. The molecular formula is C14H21N3O3. The normalized spacial score (nSPS) is 10.2. The quantitative estimate of drug-likeness (QED) is 0.727. The molecule has 6 heteroatoms. The van der Waals surface area contributed by atoms with Crippen molar-refractivity contribution in [3.05, 3.63) is 23.5 Å². The number of Topliss-reactive ketones (excluding diaryl/α,β-unsaturated/α-hetero) is 1. The van der Waals surface area contributed by atoms with Crippen LogP contribution in [0.1, 0.15) is 47.5 Å². The van der Waals surface area contributed by atoms with Gasteiger partial charge in [0.2, 0.25) is 5.91 Å². The number of aryl methyl sites for hydroxylation is 1. The number of carbonyl (C=O) groups excluding carboxylic acids is 3. The van der Waals surface area contributed by atoms with Crippen molar-refractivity contribution in [1.82, 2.24) is 15.2 Å². The van der Waals surface area contributed by atoms with E-state index >= 15 is 0 Å². The molecule has 1 aromatic heterocycles. The van der Waals surface area contributed by atoms with Crippen molar-refractivity contribution in [2.24, 2.45) is 7.05 Å². The largest absolute Gasteiger partial charge is 0.356 e. The van der Waals surface area contributed by atoms with Crippen molar-refractivity contribution < 1.29 is 14.4 Å². The molecule has 0 fully saturated rings. The molecule has 0 aliphatic carbocycles. The summed E-state index contributed by atoms with van der Waals surface area (Å²) in [7, 11) is 1.70. The van der Waals surface area contributed by atoms with Crippen molar-refractivity contribution in [2.75, 3.05) is 13.1 Å². The third-order valence-corrected chi connectivity index (χ3v) is 2.85. The summed E-state index contributed by atoms with van der Waals surface area (Å²) in [5.41, 5.74) is 0.905. The van der Waals surface area contributed by atoms with Crippen LogP contribution < -0.4 is 10.6 Å². The lowest BCUT2D eigenvalue weighted by atomic mass is 10.2. The van der Waals surface area contributed by atoms with Gasteiger partial charge in [-0.25, -0.2) is 0 Å². The Labute approximate surface area is 118 Å². The molecule has 0 radical (unpaired) electrons. The first kappa shape index (κ1) is 15.9. The lowest BCUT2D eigenvalue weighted by Gasteiger charge is -2.06. The molecule has 0 aliphatic heterocycles. The summed E-state index contributed by atoms with van der Waals surface area (Å²) in [6, 6.07) is 1.55. The minimum atomic E-state index is -0.289. The van der Waals surface area contributed by atoms with Gasteiger partial charge in [-0.05, 0) is 19.4 Å². The monoisotopic (exact) mass is 279 g/mol. The highest BCUT2D eigenvalue weighted by molar-refractivity contribution is 5.99. The Morgan fingerprint density at radius 2 is 1.90 bits per heavy atom. The van der Waals surface area contributed by atoms with Crippen LogP contribution in [-0.4, -0.2) is 35.3 Å². The average Bonchev–Trinajstić information content (AvgIpc) is 2.78. The van der Waals surface area contributed by atoms with Gasteiger partial charge < -0.3 is 15.2 Å². The van der Waals surface area contributed by atoms with Crippen LogP contribution in [0.15, 0.2) is 12.3 Å². The zero-order valence-electron chi connectivity index (χ0n) is 12.2. The highest BCUT2D eigenvalue weighted by Crippen LogP contribution is 2.07. The van der Waals surface area contributed by atoms with E-state index < -0.39 is 0 Å². The van der Waals surface area contributed by atoms with E-state index in [4.69, 9.17) is 0 Å². The van der Waals surface area contributed by atoms with E-state index in [1.165, 1.54) is 6.92 Å². The van der Waals surface area contributed by atoms with Crippen LogP contribution in [0.2, 0.25) is 0 Å². The SMILES string of the molecule is CCCNC(=O)CCNC(=O)c1cc(C(C)=O)cn1C. The maximum absolute atomic E-state index is 11.9. The Morgan fingerprint density at radius 1 is 1.20 bits per heavy atom. The van der Waals surface area contributed by atoms with E-state index in [0.717, 1.165) is 6.42 Å². The van der Waals surface area contributed by atoms with Crippen LogP contribution >= 0.6 is 0 Å². The van der Waals surface area contributed by atoms with E-state index in [9.17, 15) is 14.4 Å². The molecular weight excluding hydrogens is 258 g/mol. The number of amides is 2. The van der Waals surface area contributed by atoms with E-state index in [0.29, 0.717) is 17.8 Å². The lowest BCUT2D eigenvalue weighted by Crippen LogP contribution is -2.31. The van der Waals surface area contributed by atoms with Gasteiger partial charge in [0.25, 0.3) is 5.91 Å². The van der Waals surface area contributed by atoms with Gasteiger partial charge in [0.15, 0.2) is 5.78 Å². The second-order valence-corrected chi connectivity index (χ2v) is 4.64. The molecule has 0 bridgehead atoms. The predicted octanol–water partition coefficient (Wildman–Crippen LogP) is 0.874. The molecule has 0 saturated carbocycles. The van der Waals surface area contributed by atoms with Gasteiger partial charge in [0, 0.05) is 38.3 Å². The highest BCUT2D eigenvalue weighted by atomic mass is 16.2. The fourth-order valence-electron chi connectivity index (χ4n) is 1.72. The zero-order valence-corrected chi connectivity index (χ0v) is 12.2. The van der Waals surface area contributed by atoms with Crippen LogP contribution in [0, 0.1) is 0 Å². The Morgan fingerprint density at radius 3 is 2.45 bits per heavy atom. The van der Waals surface area contributed by atoms with E-state index in [-0.39, 0.29) is 30.6 Å². The molecule has 110 valence electrons.